The Hall–Kier alpha value is -2.32. The molecule has 5 nitrogen and oxygen atoms in total. The van der Waals surface area contributed by atoms with Crippen molar-refractivity contribution in [3.63, 3.8) is 0 Å². The molecule has 0 radical (unpaired) electrons. The maximum Gasteiger partial charge on any atom is 0.394 e. The lowest BCUT2D eigenvalue weighted by Gasteiger charge is -2.27. The number of urea groups is 1. The molecule has 1 aromatic rings. The molecule has 2 N–H and O–H groups in total. The average Bonchev–Trinajstić information content (AvgIpc) is 2.99. The summed E-state index contributed by atoms with van der Waals surface area (Å²) in [5.74, 6) is -5.74. The molecule has 2 rings (SSSR count). The molecule has 1 heterocycles. The Bertz CT molecular complexity index is 674. The largest absolute Gasteiger partial charge is 0.481 e. The van der Waals surface area contributed by atoms with Gasteiger partial charge in [0.15, 0.2) is 0 Å². The zero-order valence-electron chi connectivity index (χ0n) is 14.3. The van der Waals surface area contributed by atoms with Gasteiger partial charge >= 0.3 is 18.2 Å². The minimum atomic E-state index is -4.69. The first-order valence-electron chi connectivity index (χ1n) is 8.00. The van der Waals surface area contributed by atoms with E-state index in [1.807, 2.05) is 0 Å². The Labute approximate surface area is 148 Å². The van der Waals surface area contributed by atoms with Gasteiger partial charge in [0.05, 0.1) is 11.8 Å². The van der Waals surface area contributed by atoms with Crippen molar-refractivity contribution in [2.45, 2.75) is 25.4 Å². The lowest BCUT2D eigenvalue weighted by atomic mass is 9.84. The number of hydrogen-bond donors (Lipinski definition) is 2. The first-order valence-corrected chi connectivity index (χ1v) is 8.00. The Kier molecular flexibility index (Phi) is 5.48. The van der Waals surface area contributed by atoms with Crippen LogP contribution in [0.25, 0.3) is 0 Å². The number of nitrogens with zero attached hydrogens (tertiary/aromatic N) is 1. The number of carboxylic acid groups (broad SMARTS) is 1. The highest BCUT2D eigenvalue weighted by Gasteiger charge is 2.53. The van der Waals surface area contributed by atoms with Crippen LogP contribution in [0.1, 0.15) is 19.4 Å². The van der Waals surface area contributed by atoms with Crippen molar-refractivity contribution in [1.82, 2.24) is 10.2 Å². The zero-order chi connectivity index (χ0) is 19.7. The molecule has 1 aliphatic heterocycles. The zero-order valence-corrected chi connectivity index (χ0v) is 14.3. The van der Waals surface area contributed by atoms with Gasteiger partial charge in [-0.25, -0.2) is 9.18 Å². The maximum absolute atomic E-state index is 13.0. The minimum absolute atomic E-state index is 0.0996. The van der Waals surface area contributed by atoms with Gasteiger partial charge in [-0.3, -0.25) is 4.79 Å². The van der Waals surface area contributed by atoms with Crippen LogP contribution in [0.2, 0.25) is 0 Å². The number of hydrogen-bond acceptors (Lipinski definition) is 2. The van der Waals surface area contributed by atoms with Crippen LogP contribution in [0.4, 0.5) is 22.4 Å². The molecule has 0 unspecified atom stereocenters. The Morgan fingerprint density at radius 3 is 2.23 bits per heavy atom. The van der Waals surface area contributed by atoms with Gasteiger partial charge in [0.25, 0.3) is 0 Å². The van der Waals surface area contributed by atoms with Crippen LogP contribution >= 0.6 is 0 Å². The van der Waals surface area contributed by atoms with E-state index in [-0.39, 0.29) is 6.54 Å². The van der Waals surface area contributed by atoms with Crippen molar-refractivity contribution < 1.29 is 32.3 Å². The lowest BCUT2D eigenvalue weighted by Crippen LogP contribution is -2.44. The highest BCUT2D eigenvalue weighted by Crippen LogP contribution is 2.37. The lowest BCUT2D eigenvalue weighted by molar-refractivity contribution is -0.187. The van der Waals surface area contributed by atoms with Crippen LogP contribution in [0, 0.1) is 17.7 Å². The van der Waals surface area contributed by atoms with E-state index in [4.69, 9.17) is 5.11 Å². The number of rotatable bonds is 4. The predicted octanol–water partition coefficient (Wildman–Crippen LogP) is 3.01. The monoisotopic (exact) mass is 376 g/mol. The average molecular weight is 376 g/mol. The van der Waals surface area contributed by atoms with E-state index in [0.29, 0.717) is 0 Å². The Morgan fingerprint density at radius 1 is 1.19 bits per heavy atom. The third-order valence-corrected chi connectivity index (χ3v) is 4.65. The highest BCUT2D eigenvalue weighted by molar-refractivity contribution is 5.77. The Balaban J connectivity index is 2.01. The summed E-state index contributed by atoms with van der Waals surface area (Å²) in [5, 5.41) is 11.5. The van der Waals surface area contributed by atoms with E-state index in [2.05, 4.69) is 5.32 Å². The van der Waals surface area contributed by atoms with E-state index < -0.39 is 54.3 Å². The number of carbonyl (C=O) groups excluding carboxylic acids is 1. The minimum Gasteiger partial charge on any atom is -0.481 e. The summed E-state index contributed by atoms with van der Waals surface area (Å²) < 4.78 is 52.0. The summed E-state index contributed by atoms with van der Waals surface area (Å²) in [5.41, 5.74) is 0.163. The molecule has 144 valence electrons. The molecule has 9 heteroatoms. The molecule has 1 aromatic carbocycles. The molecule has 2 atom stereocenters. The number of benzene rings is 1. The number of halogens is 4. The SMILES string of the molecule is CC(C)(CNC(=O)N1C[C@@H](C(F)(F)F)[C@H](C(=O)O)C1)c1ccc(F)cc1. The molecule has 0 spiro atoms. The fourth-order valence-electron chi connectivity index (χ4n) is 2.96. The van der Waals surface area contributed by atoms with Gasteiger partial charge in [-0.2, -0.15) is 13.2 Å². The number of amides is 2. The van der Waals surface area contributed by atoms with E-state index in [1.165, 1.54) is 12.1 Å². The van der Waals surface area contributed by atoms with Crippen molar-refractivity contribution in [3.05, 3.63) is 35.6 Å². The third kappa shape index (κ3) is 4.44. The van der Waals surface area contributed by atoms with Gasteiger partial charge in [-0.15, -0.1) is 0 Å². The summed E-state index contributed by atoms with van der Waals surface area (Å²) >= 11 is 0. The highest BCUT2D eigenvalue weighted by atomic mass is 19.4. The number of likely N-dealkylation sites (tertiary alicyclic amines) is 1. The van der Waals surface area contributed by atoms with Gasteiger partial charge in [-0.05, 0) is 17.7 Å². The van der Waals surface area contributed by atoms with Crippen molar-refractivity contribution in [2.24, 2.45) is 11.8 Å². The molecule has 26 heavy (non-hydrogen) atoms. The summed E-state index contributed by atoms with van der Waals surface area (Å²) in [6, 6.07) is 4.95. The number of nitrogens with one attached hydrogen (secondary N) is 1. The van der Waals surface area contributed by atoms with Crippen molar-refractivity contribution in [2.75, 3.05) is 19.6 Å². The second-order valence-corrected chi connectivity index (χ2v) is 7.05. The van der Waals surface area contributed by atoms with Gasteiger partial charge in [0, 0.05) is 25.0 Å². The predicted molar refractivity (Wildman–Crippen MR) is 85.1 cm³/mol. The molecule has 1 fully saturated rings. The molecule has 0 saturated carbocycles. The van der Waals surface area contributed by atoms with Crippen molar-refractivity contribution in [1.29, 1.82) is 0 Å². The van der Waals surface area contributed by atoms with Gasteiger partial charge in [-0.1, -0.05) is 26.0 Å². The normalized spacial score (nSPS) is 20.9. The standard InChI is InChI=1S/C17H20F4N2O3/c1-16(2,10-3-5-11(18)6-4-10)9-22-15(26)23-7-12(14(24)25)13(8-23)17(19,20)21/h3-6,12-13H,7-9H2,1-2H3,(H,22,26)(H,24,25)/t12-,13-/m1/s1. The first-order chi connectivity index (χ1) is 11.9. The van der Waals surface area contributed by atoms with Gasteiger partial charge in [0.1, 0.15) is 5.82 Å². The third-order valence-electron chi connectivity index (χ3n) is 4.65. The molecule has 1 aliphatic rings. The van der Waals surface area contributed by atoms with E-state index >= 15 is 0 Å². The van der Waals surface area contributed by atoms with E-state index in [1.54, 1.807) is 26.0 Å². The fourth-order valence-corrected chi connectivity index (χ4v) is 2.96. The molecule has 1 saturated heterocycles. The number of alkyl halides is 3. The van der Waals surface area contributed by atoms with Crippen LogP contribution in [-0.2, 0) is 10.2 Å². The van der Waals surface area contributed by atoms with Crippen molar-refractivity contribution >= 4 is 12.0 Å². The summed E-state index contributed by atoms with van der Waals surface area (Å²) in [4.78, 5) is 24.2. The Morgan fingerprint density at radius 2 is 1.77 bits per heavy atom. The number of aliphatic carboxylic acids is 1. The molecule has 0 bridgehead atoms. The maximum atomic E-state index is 13.0. The van der Waals surface area contributed by atoms with E-state index in [0.717, 1.165) is 10.5 Å². The van der Waals surface area contributed by atoms with Crippen LogP contribution in [0.3, 0.4) is 0 Å². The molecule has 0 aliphatic carbocycles. The van der Waals surface area contributed by atoms with Crippen LogP contribution < -0.4 is 5.32 Å². The smallest absolute Gasteiger partial charge is 0.394 e. The van der Waals surface area contributed by atoms with E-state index in [9.17, 15) is 27.2 Å². The molecular formula is C17H20F4N2O3. The van der Waals surface area contributed by atoms with Crippen LogP contribution in [0.5, 0.6) is 0 Å². The van der Waals surface area contributed by atoms with Crippen LogP contribution in [0.15, 0.2) is 24.3 Å². The van der Waals surface area contributed by atoms with Gasteiger partial charge in [0.2, 0.25) is 0 Å². The molecule has 0 aromatic heterocycles. The second kappa shape index (κ2) is 7.13. The molecular weight excluding hydrogens is 356 g/mol. The second-order valence-electron chi connectivity index (χ2n) is 7.05. The topological polar surface area (TPSA) is 69.6 Å². The first kappa shape index (κ1) is 20.0. The van der Waals surface area contributed by atoms with Crippen LogP contribution in [-0.4, -0.2) is 47.8 Å². The quantitative estimate of drug-likeness (QED) is 0.794. The summed E-state index contributed by atoms with van der Waals surface area (Å²) in [6.07, 6.45) is -4.69. The van der Waals surface area contributed by atoms with Gasteiger partial charge < -0.3 is 15.3 Å². The number of carbonyl (C=O) groups is 2. The summed E-state index contributed by atoms with van der Waals surface area (Å²) in [6.45, 7) is 2.50. The molecule has 2 amide bonds. The fraction of sp³-hybridized carbons (Fsp3) is 0.529. The van der Waals surface area contributed by atoms with Crippen molar-refractivity contribution in [3.8, 4) is 0 Å². The number of carboxylic acids is 1. The summed E-state index contributed by atoms with van der Waals surface area (Å²) in [7, 11) is 0.